The fraction of sp³-hybridized carbons (Fsp3) is 0.350. The number of amides is 1. The summed E-state index contributed by atoms with van der Waals surface area (Å²) in [4.78, 5) is 13.7. The third-order valence-electron chi connectivity index (χ3n) is 4.49. The summed E-state index contributed by atoms with van der Waals surface area (Å²) in [6.07, 6.45) is 1.68. The summed E-state index contributed by atoms with van der Waals surface area (Å²) in [5.74, 6) is -0.283. The van der Waals surface area contributed by atoms with Gasteiger partial charge in [0, 0.05) is 29.2 Å². The minimum absolute atomic E-state index is 0.152. The maximum atomic E-state index is 12.9. The van der Waals surface area contributed by atoms with Gasteiger partial charge in [-0.15, -0.1) is 11.8 Å². The van der Waals surface area contributed by atoms with Gasteiger partial charge < -0.3 is 10.1 Å². The maximum Gasteiger partial charge on any atom is 0.255 e. The highest BCUT2D eigenvalue weighted by Crippen LogP contribution is 2.22. The molecule has 2 aromatic carbocycles. The summed E-state index contributed by atoms with van der Waals surface area (Å²) in [5.41, 5.74) is 1.09. The molecule has 1 N–H and O–H groups in total. The molecule has 8 heteroatoms. The van der Waals surface area contributed by atoms with Gasteiger partial charge in [0.2, 0.25) is 10.0 Å². The average molecular weight is 421 g/mol. The van der Waals surface area contributed by atoms with Crippen molar-refractivity contribution >= 4 is 33.4 Å². The van der Waals surface area contributed by atoms with Gasteiger partial charge in [-0.05, 0) is 68.6 Å². The summed E-state index contributed by atoms with van der Waals surface area (Å²) in [7, 11) is -3.62. The van der Waals surface area contributed by atoms with Crippen molar-refractivity contribution in [1.82, 2.24) is 4.31 Å². The average Bonchev–Trinajstić information content (AvgIpc) is 2.68. The van der Waals surface area contributed by atoms with Gasteiger partial charge in [0.05, 0.1) is 17.1 Å². The fourth-order valence-electron chi connectivity index (χ4n) is 3.13. The highest BCUT2D eigenvalue weighted by molar-refractivity contribution is 7.98. The van der Waals surface area contributed by atoms with E-state index >= 15 is 0 Å². The first kappa shape index (κ1) is 20.9. The van der Waals surface area contributed by atoms with Crippen LogP contribution in [-0.4, -0.2) is 50.2 Å². The van der Waals surface area contributed by atoms with E-state index in [4.69, 9.17) is 4.74 Å². The highest BCUT2D eigenvalue weighted by atomic mass is 32.2. The van der Waals surface area contributed by atoms with Crippen molar-refractivity contribution in [2.24, 2.45) is 0 Å². The SMILES string of the molecule is CSc1ccc(NC(=O)c2ccc(S(=O)(=O)N3CC(C)OC(C)C3)cc2)cc1. The zero-order valence-electron chi connectivity index (χ0n) is 16.1. The number of sulfonamides is 1. The Labute approximate surface area is 170 Å². The molecule has 1 fully saturated rings. The van der Waals surface area contributed by atoms with Gasteiger partial charge in [-0.1, -0.05) is 0 Å². The molecule has 150 valence electrons. The Kier molecular flexibility index (Phi) is 6.44. The predicted octanol–water partition coefficient (Wildman–Crippen LogP) is 3.46. The molecular formula is C20H24N2O4S2. The van der Waals surface area contributed by atoms with Crippen LogP contribution in [0.4, 0.5) is 5.69 Å². The Balaban J connectivity index is 1.72. The van der Waals surface area contributed by atoms with Crippen LogP contribution in [0.25, 0.3) is 0 Å². The smallest absolute Gasteiger partial charge is 0.255 e. The molecule has 0 aromatic heterocycles. The number of rotatable bonds is 5. The lowest BCUT2D eigenvalue weighted by atomic mass is 10.2. The number of hydrogen-bond donors (Lipinski definition) is 1. The third-order valence-corrected chi connectivity index (χ3v) is 7.08. The number of nitrogens with zero attached hydrogens (tertiary/aromatic N) is 1. The van der Waals surface area contributed by atoms with Crippen LogP contribution in [-0.2, 0) is 14.8 Å². The molecule has 1 heterocycles. The van der Waals surface area contributed by atoms with E-state index in [-0.39, 0.29) is 23.0 Å². The number of benzene rings is 2. The zero-order valence-corrected chi connectivity index (χ0v) is 17.7. The second-order valence-corrected chi connectivity index (χ2v) is 9.60. The summed E-state index contributed by atoms with van der Waals surface area (Å²) < 4.78 is 32.8. The van der Waals surface area contributed by atoms with Gasteiger partial charge in [0.1, 0.15) is 0 Å². The molecule has 2 unspecified atom stereocenters. The van der Waals surface area contributed by atoms with E-state index in [1.165, 1.54) is 28.6 Å². The number of carbonyl (C=O) groups excluding carboxylic acids is 1. The Morgan fingerprint density at radius 1 is 1.04 bits per heavy atom. The Morgan fingerprint density at radius 3 is 2.14 bits per heavy atom. The standard InChI is InChI=1S/C20H24N2O4S2/c1-14-12-22(13-15(2)26-14)28(24,25)19-10-4-16(5-11-19)20(23)21-17-6-8-18(27-3)9-7-17/h4-11,14-15H,12-13H2,1-3H3,(H,21,23). The molecular weight excluding hydrogens is 396 g/mol. The van der Waals surface area contributed by atoms with Gasteiger partial charge in [-0.2, -0.15) is 4.31 Å². The monoisotopic (exact) mass is 420 g/mol. The quantitative estimate of drug-likeness (QED) is 0.750. The minimum atomic E-state index is -3.62. The second-order valence-electron chi connectivity index (χ2n) is 6.79. The molecule has 2 aromatic rings. The van der Waals surface area contributed by atoms with E-state index in [0.717, 1.165) is 4.90 Å². The van der Waals surface area contributed by atoms with E-state index < -0.39 is 10.0 Å². The maximum absolute atomic E-state index is 12.9. The number of anilines is 1. The topological polar surface area (TPSA) is 75.7 Å². The summed E-state index contributed by atoms with van der Waals surface area (Å²) >= 11 is 1.63. The van der Waals surface area contributed by atoms with Crippen molar-refractivity contribution in [1.29, 1.82) is 0 Å². The molecule has 0 saturated carbocycles. The molecule has 0 bridgehead atoms. The molecule has 0 aliphatic carbocycles. The van der Waals surface area contributed by atoms with Gasteiger partial charge in [-0.25, -0.2) is 8.42 Å². The molecule has 1 saturated heterocycles. The van der Waals surface area contributed by atoms with Gasteiger partial charge in [0.15, 0.2) is 0 Å². The van der Waals surface area contributed by atoms with Crippen LogP contribution in [0.5, 0.6) is 0 Å². The Bertz CT molecular complexity index is 918. The van der Waals surface area contributed by atoms with E-state index in [0.29, 0.717) is 24.3 Å². The van der Waals surface area contributed by atoms with Crippen molar-refractivity contribution < 1.29 is 17.9 Å². The fourth-order valence-corrected chi connectivity index (χ4v) is 5.13. The number of carbonyl (C=O) groups is 1. The van der Waals surface area contributed by atoms with Gasteiger partial charge in [-0.3, -0.25) is 4.79 Å². The highest BCUT2D eigenvalue weighted by Gasteiger charge is 2.32. The Morgan fingerprint density at radius 2 is 1.61 bits per heavy atom. The normalized spacial score (nSPS) is 20.7. The van der Waals surface area contributed by atoms with Gasteiger partial charge >= 0.3 is 0 Å². The molecule has 3 rings (SSSR count). The van der Waals surface area contributed by atoms with Crippen molar-refractivity contribution in [3.05, 3.63) is 54.1 Å². The molecule has 0 spiro atoms. The predicted molar refractivity (Wildman–Crippen MR) is 111 cm³/mol. The number of hydrogen-bond acceptors (Lipinski definition) is 5. The third kappa shape index (κ3) is 4.75. The summed E-state index contributed by atoms with van der Waals surface area (Å²) in [5, 5.41) is 2.82. The van der Waals surface area contributed by atoms with Crippen molar-refractivity contribution in [2.45, 2.75) is 35.8 Å². The first-order chi connectivity index (χ1) is 13.3. The molecule has 1 amide bonds. The first-order valence-corrected chi connectivity index (χ1v) is 11.7. The number of nitrogens with one attached hydrogen (secondary N) is 1. The minimum Gasteiger partial charge on any atom is -0.373 e. The second kappa shape index (κ2) is 8.65. The lowest BCUT2D eigenvalue weighted by Gasteiger charge is -2.34. The van der Waals surface area contributed by atoms with Crippen LogP contribution < -0.4 is 5.32 Å². The number of morpholine rings is 1. The van der Waals surface area contributed by atoms with E-state index in [2.05, 4.69) is 5.32 Å². The number of ether oxygens (including phenoxy) is 1. The molecule has 1 aliphatic rings. The van der Waals surface area contributed by atoms with Crippen LogP contribution in [0.1, 0.15) is 24.2 Å². The van der Waals surface area contributed by atoms with E-state index in [9.17, 15) is 13.2 Å². The molecule has 1 aliphatic heterocycles. The molecule has 28 heavy (non-hydrogen) atoms. The molecule has 2 atom stereocenters. The lowest BCUT2D eigenvalue weighted by Crippen LogP contribution is -2.48. The van der Waals surface area contributed by atoms with Crippen LogP contribution >= 0.6 is 11.8 Å². The number of thioether (sulfide) groups is 1. The summed E-state index contributed by atoms with van der Waals surface area (Å²) in [6.45, 7) is 4.36. The molecule has 0 radical (unpaired) electrons. The van der Waals surface area contributed by atoms with Crippen molar-refractivity contribution in [3.8, 4) is 0 Å². The van der Waals surface area contributed by atoms with Crippen molar-refractivity contribution in [2.75, 3.05) is 24.7 Å². The molecule has 6 nitrogen and oxygen atoms in total. The summed E-state index contributed by atoms with van der Waals surface area (Å²) in [6, 6.07) is 13.6. The van der Waals surface area contributed by atoms with E-state index in [1.807, 2.05) is 44.4 Å². The van der Waals surface area contributed by atoms with Crippen LogP contribution in [0.2, 0.25) is 0 Å². The van der Waals surface area contributed by atoms with E-state index in [1.54, 1.807) is 11.8 Å². The largest absolute Gasteiger partial charge is 0.373 e. The van der Waals surface area contributed by atoms with Gasteiger partial charge in [0.25, 0.3) is 5.91 Å². The van der Waals surface area contributed by atoms with Crippen LogP contribution in [0.3, 0.4) is 0 Å². The van der Waals surface area contributed by atoms with Crippen molar-refractivity contribution in [3.63, 3.8) is 0 Å². The van der Waals surface area contributed by atoms with Crippen LogP contribution in [0, 0.1) is 0 Å². The Hall–Kier alpha value is -1.87. The lowest BCUT2D eigenvalue weighted by molar-refractivity contribution is -0.0440. The first-order valence-electron chi connectivity index (χ1n) is 9.00. The van der Waals surface area contributed by atoms with Crippen LogP contribution in [0.15, 0.2) is 58.3 Å². The zero-order chi connectivity index (χ0) is 20.3.